The van der Waals surface area contributed by atoms with E-state index >= 15 is 0 Å². The second-order valence-corrected chi connectivity index (χ2v) is 11.7. The topological polar surface area (TPSA) is 86.1 Å². The molecule has 0 aliphatic heterocycles. The molecule has 0 amide bonds. The highest BCUT2D eigenvalue weighted by molar-refractivity contribution is 5.79. The number of nitrogens with two attached hydrogens (primary N) is 2. The lowest BCUT2D eigenvalue weighted by molar-refractivity contribution is -0.00496. The highest BCUT2D eigenvalue weighted by Gasteiger charge is 2.29. The highest BCUT2D eigenvalue weighted by Crippen LogP contribution is 2.25. The average molecular weight is 415 g/mol. The van der Waals surface area contributed by atoms with Crippen LogP contribution in [-0.2, 0) is 9.47 Å². The van der Waals surface area contributed by atoms with Crippen LogP contribution in [0.3, 0.4) is 0 Å². The number of hydrogen-bond donors (Lipinski definition) is 2. The molecular weight excluding hydrogens is 364 g/mol. The summed E-state index contributed by atoms with van der Waals surface area (Å²) in [7, 11) is 1.85. The first-order valence-electron chi connectivity index (χ1n) is 10.8. The van der Waals surface area contributed by atoms with Crippen molar-refractivity contribution in [1.82, 2.24) is 4.90 Å². The van der Waals surface area contributed by atoms with Crippen molar-refractivity contribution >= 4 is 5.84 Å². The largest absolute Gasteiger partial charge is 0.380 e. The molecule has 0 aromatic rings. The summed E-state index contributed by atoms with van der Waals surface area (Å²) in [6.45, 7) is 25.3. The fourth-order valence-electron chi connectivity index (χ4n) is 2.88. The second-order valence-electron chi connectivity index (χ2n) is 11.7. The Labute approximate surface area is 180 Å². The lowest BCUT2D eigenvalue weighted by Crippen LogP contribution is -2.46. The highest BCUT2D eigenvalue weighted by atomic mass is 16.5. The number of rotatable bonds is 14. The molecule has 0 fully saturated rings. The number of aliphatic imine (C=N–C) groups is 1. The summed E-state index contributed by atoms with van der Waals surface area (Å²) in [6.07, 6.45) is 0. The minimum atomic E-state index is -0.00485. The lowest BCUT2D eigenvalue weighted by Gasteiger charge is -2.39. The van der Waals surface area contributed by atoms with Crippen LogP contribution in [0.25, 0.3) is 0 Å². The Bertz CT molecular complexity index is 463. The van der Waals surface area contributed by atoms with Gasteiger partial charge in [-0.2, -0.15) is 0 Å². The van der Waals surface area contributed by atoms with Crippen LogP contribution in [0.4, 0.5) is 0 Å². The van der Waals surface area contributed by atoms with Crippen LogP contribution in [0.2, 0.25) is 0 Å². The molecule has 0 aromatic carbocycles. The molecule has 0 aliphatic carbocycles. The number of ether oxygens (including phenoxy) is 2. The number of nitrogens with zero attached hydrogens (tertiary/aromatic N) is 2. The fraction of sp³-hybridized carbons (Fsp3) is 0.957. The predicted molar refractivity (Wildman–Crippen MR) is 125 cm³/mol. The van der Waals surface area contributed by atoms with E-state index < -0.39 is 0 Å². The summed E-state index contributed by atoms with van der Waals surface area (Å²) in [4.78, 5) is 6.81. The van der Waals surface area contributed by atoms with Crippen LogP contribution in [0.15, 0.2) is 4.99 Å². The Morgan fingerprint density at radius 2 is 1.00 bits per heavy atom. The molecule has 0 atom stereocenters. The molecule has 0 rings (SSSR count). The fourth-order valence-corrected chi connectivity index (χ4v) is 2.88. The van der Waals surface area contributed by atoms with E-state index in [0.717, 1.165) is 18.9 Å². The quantitative estimate of drug-likeness (QED) is 0.336. The standard InChI is InChI=1S/C23H50N4O2/c1-19(26-10)27(13-22(6,7)17-28-15-20(2,3)11-24)14-23(8,9)18-29-16-21(4,5)12-25/h11-18,24-25H2,1-10H3. The van der Waals surface area contributed by atoms with Crippen LogP contribution in [-0.4, -0.2) is 70.4 Å². The van der Waals surface area contributed by atoms with Crippen molar-refractivity contribution < 1.29 is 9.47 Å². The molecule has 0 saturated carbocycles. The van der Waals surface area contributed by atoms with E-state index in [1.165, 1.54) is 0 Å². The van der Waals surface area contributed by atoms with Crippen LogP contribution in [0.5, 0.6) is 0 Å². The van der Waals surface area contributed by atoms with Crippen molar-refractivity contribution in [3.8, 4) is 0 Å². The monoisotopic (exact) mass is 414 g/mol. The Morgan fingerprint density at radius 3 is 1.28 bits per heavy atom. The molecule has 6 heteroatoms. The van der Waals surface area contributed by atoms with Crippen molar-refractivity contribution in [2.45, 2.75) is 62.3 Å². The third-order valence-corrected chi connectivity index (χ3v) is 5.10. The van der Waals surface area contributed by atoms with Gasteiger partial charge in [-0.1, -0.05) is 55.4 Å². The van der Waals surface area contributed by atoms with Crippen LogP contribution in [0, 0.1) is 21.7 Å². The zero-order chi connectivity index (χ0) is 22.9. The van der Waals surface area contributed by atoms with Crippen LogP contribution < -0.4 is 11.5 Å². The van der Waals surface area contributed by atoms with E-state index in [-0.39, 0.29) is 21.7 Å². The predicted octanol–water partition coefficient (Wildman–Crippen LogP) is 3.39. The zero-order valence-corrected chi connectivity index (χ0v) is 21.0. The van der Waals surface area contributed by atoms with Gasteiger partial charge in [-0.25, -0.2) is 0 Å². The Kier molecular flexibility index (Phi) is 11.4. The van der Waals surface area contributed by atoms with E-state index in [1.807, 2.05) is 7.05 Å². The first-order chi connectivity index (χ1) is 13.1. The lowest BCUT2D eigenvalue weighted by atomic mass is 9.89. The maximum absolute atomic E-state index is 6.03. The molecule has 4 N–H and O–H groups in total. The first kappa shape index (κ1) is 28.3. The Morgan fingerprint density at radius 1 is 0.690 bits per heavy atom. The van der Waals surface area contributed by atoms with Gasteiger partial charge in [0.1, 0.15) is 0 Å². The SMILES string of the molecule is CN=C(C)N(CC(C)(C)COCC(C)(C)CN)CC(C)(C)COCC(C)(C)CN. The maximum atomic E-state index is 6.03. The molecule has 0 spiro atoms. The van der Waals surface area contributed by atoms with Gasteiger partial charge in [-0.15, -0.1) is 0 Å². The minimum absolute atomic E-state index is 0.00485. The Balaban J connectivity index is 4.90. The van der Waals surface area contributed by atoms with Gasteiger partial charge < -0.3 is 25.8 Å². The number of amidine groups is 1. The number of hydrogen-bond acceptors (Lipinski definition) is 5. The Hall–Kier alpha value is -0.690. The van der Waals surface area contributed by atoms with Gasteiger partial charge in [0.25, 0.3) is 0 Å². The molecule has 0 unspecified atom stereocenters. The molecule has 29 heavy (non-hydrogen) atoms. The first-order valence-corrected chi connectivity index (χ1v) is 10.8. The minimum Gasteiger partial charge on any atom is -0.380 e. The summed E-state index contributed by atoms with van der Waals surface area (Å²) >= 11 is 0. The molecule has 0 heterocycles. The normalized spacial score (nSPS) is 14.4. The van der Waals surface area contributed by atoms with Gasteiger partial charge in [0.2, 0.25) is 0 Å². The molecule has 0 aliphatic rings. The summed E-state index contributed by atoms with van der Waals surface area (Å²) in [6, 6.07) is 0. The van der Waals surface area contributed by atoms with Gasteiger partial charge in [-0.3, -0.25) is 4.99 Å². The molecule has 174 valence electrons. The summed E-state index contributed by atoms with van der Waals surface area (Å²) in [5.41, 5.74) is 11.6. The summed E-state index contributed by atoms with van der Waals surface area (Å²) in [5.74, 6) is 1.04. The molecular formula is C23H50N4O2. The van der Waals surface area contributed by atoms with Crippen molar-refractivity contribution in [1.29, 1.82) is 0 Å². The zero-order valence-electron chi connectivity index (χ0n) is 21.0. The molecule has 0 radical (unpaired) electrons. The molecule has 0 aromatic heterocycles. The summed E-state index contributed by atoms with van der Waals surface area (Å²) in [5, 5.41) is 0. The second kappa shape index (κ2) is 11.6. The van der Waals surface area contributed by atoms with Crippen molar-refractivity contribution in [2.75, 3.05) is 59.7 Å². The van der Waals surface area contributed by atoms with E-state index in [9.17, 15) is 0 Å². The molecule has 0 saturated heterocycles. The van der Waals surface area contributed by atoms with Crippen LogP contribution >= 0.6 is 0 Å². The smallest absolute Gasteiger partial charge is 0.0954 e. The van der Waals surface area contributed by atoms with Gasteiger partial charge in [0, 0.05) is 41.8 Å². The van der Waals surface area contributed by atoms with Crippen molar-refractivity contribution in [2.24, 2.45) is 38.1 Å². The van der Waals surface area contributed by atoms with Gasteiger partial charge >= 0.3 is 0 Å². The van der Waals surface area contributed by atoms with E-state index in [1.54, 1.807) is 0 Å². The van der Waals surface area contributed by atoms with Crippen LogP contribution in [0.1, 0.15) is 62.3 Å². The molecule has 0 bridgehead atoms. The maximum Gasteiger partial charge on any atom is 0.0954 e. The van der Waals surface area contributed by atoms with E-state index in [4.69, 9.17) is 20.9 Å². The third-order valence-electron chi connectivity index (χ3n) is 5.10. The van der Waals surface area contributed by atoms with Gasteiger partial charge in [0.05, 0.1) is 32.3 Å². The van der Waals surface area contributed by atoms with Gasteiger partial charge in [-0.05, 0) is 20.0 Å². The van der Waals surface area contributed by atoms with E-state index in [0.29, 0.717) is 39.5 Å². The average Bonchev–Trinajstić information content (AvgIpc) is 2.59. The molecule has 6 nitrogen and oxygen atoms in total. The third kappa shape index (κ3) is 12.6. The van der Waals surface area contributed by atoms with Crippen molar-refractivity contribution in [3.63, 3.8) is 0 Å². The van der Waals surface area contributed by atoms with Gasteiger partial charge in [0.15, 0.2) is 0 Å². The summed E-state index contributed by atoms with van der Waals surface area (Å²) < 4.78 is 12.1. The van der Waals surface area contributed by atoms with E-state index in [2.05, 4.69) is 72.2 Å². The van der Waals surface area contributed by atoms with Crippen molar-refractivity contribution in [3.05, 3.63) is 0 Å².